The molecule has 0 aliphatic rings. The highest BCUT2D eigenvalue weighted by molar-refractivity contribution is 7.06. The van der Waals surface area contributed by atoms with Crippen LogP contribution >= 0.6 is 11.5 Å². The summed E-state index contributed by atoms with van der Waals surface area (Å²) in [6, 6.07) is 6.02. The molecule has 2 rings (SSSR count). The molecule has 23 heavy (non-hydrogen) atoms. The Labute approximate surface area is 139 Å². The van der Waals surface area contributed by atoms with Crippen LogP contribution in [0.15, 0.2) is 24.3 Å². The van der Waals surface area contributed by atoms with Gasteiger partial charge in [-0.2, -0.15) is 4.37 Å². The van der Waals surface area contributed by atoms with E-state index in [-0.39, 0.29) is 5.56 Å². The van der Waals surface area contributed by atoms with Gasteiger partial charge in [-0.05, 0) is 56.9 Å². The van der Waals surface area contributed by atoms with Crippen molar-refractivity contribution in [2.24, 2.45) is 0 Å². The second-order valence-corrected chi connectivity index (χ2v) is 7.07. The summed E-state index contributed by atoms with van der Waals surface area (Å²) in [5.74, 6) is -1.34. The molecule has 0 amide bonds. The van der Waals surface area contributed by atoms with Crippen LogP contribution in [0.4, 0.5) is 4.39 Å². The fourth-order valence-corrected chi connectivity index (χ4v) is 2.77. The number of rotatable bonds is 4. The van der Waals surface area contributed by atoms with Gasteiger partial charge in [-0.1, -0.05) is 13.0 Å². The zero-order valence-corrected chi connectivity index (χ0v) is 14.4. The third kappa shape index (κ3) is 4.36. The number of halogens is 1. The average molecular weight is 337 g/mol. The first kappa shape index (κ1) is 17.6. The number of aliphatic hydroxyl groups excluding tert-OH is 1. The minimum absolute atomic E-state index is 0.104. The third-order valence-corrected chi connectivity index (χ3v) is 4.02. The minimum Gasteiger partial charge on any atom is -0.456 e. The molecule has 0 spiro atoms. The number of hydrogen-bond acceptors (Lipinski definition) is 5. The monoisotopic (exact) mass is 337 g/mol. The Kier molecular flexibility index (Phi) is 5.16. The van der Waals surface area contributed by atoms with Crippen molar-refractivity contribution >= 4 is 17.5 Å². The molecule has 0 radical (unpaired) electrons. The zero-order valence-electron chi connectivity index (χ0n) is 13.6. The molecule has 1 heterocycles. The first-order chi connectivity index (χ1) is 10.7. The first-order valence-corrected chi connectivity index (χ1v) is 8.16. The molecule has 124 valence electrons. The van der Waals surface area contributed by atoms with Crippen LogP contribution in [0.5, 0.6) is 0 Å². The van der Waals surface area contributed by atoms with Gasteiger partial charge in [0.1, 0.15) is 11.4 Å². The van der Waals surface area contributed by atoms with Crippen LogP contribution in [0.25, 0.3) is 11.3 Å². The van der Waals surface area contributed by atoms with Crippen molar-refractivity contribution < 1.29 is 19.0 Å². The van der Waals surface area contributed by atoms with Gasteiger partial charge < -0.3 is 9.84 Å². The predicted molar refractivity (Wildman–Crippen MR) is 87.9 cm³/mol. The summed E-state index contributed by atoms with van der Waals surface area (Å²) in [5.41, 5.74) is 0.350. The largest absolute Gasteiger partial charge is 0.456 e. The lowest BCUT2D eigenvalue weighted by atomic mass is 10.1. The molecule has 0 fully saturated rings. The normalized spacial score (nSPS) is 13.0. The van der Waals surface area contributed by atoms with Gasteiger partial charge in [0.25, 0.3) is 0 Å². The molecule has 0 aliphatic heterocycles. The molecule has 1 atom stereocenters. The van der Waals surface area contributed by atoms with Crippen molar-refractivity contribution in [3.05, 3.63) is 40.5 Å². The molecule has 1 aromatic carbocycles. The van der Waals surface area contributed by atoms with Crippen LogP contribution in [-0.2, 0) is 4.74 Å². The second kappa shape index (κ2) is 6.76. The van der Waals surface area contributed by atoms with E-state index in [2.05, 4.69) is 4.37 Å². The van der Waals surface area contributed by atoms with Crippen LogP contribution in [0.3, 0.4) is 0 Å². The van der Waals surface area contributed by atoms with Crippen molar-refractivity contribution in [2.75, 3.05) is 0 Å². The summed E-state index contributed by atoms with van der Waals surface area (Å²) in [7, 11) is 0. The maximum atomic E-state index is 14.2. The fraction of sp³-hybridized carbons (Fsp3) is 0.412. The van der Waals surface area contributed by atoms with Crippen molar-refractivity contribution in [1.29, 1.82) is 0 Å². The van der Waals surface area contributed by atoms with Gasteiger partial charge in [-0.3, -0.25) is 0 Å². The van der Waals surface area contributed by atoms with E-state index < -0.39 is 23.5 Å². The van der Waals surface area contributed by atoms with E-state index in [1.165, 1.54) is 23.7 Å². The van der Waals surface area contributed by atoms with E-state index in [4.69, 9.17) is 4.74 Å². The topological polar surface area (TPSA) is 59.4 Å². The van der Waals surface area contributed by atoms with Crippen LogP contribution in [0, 0.1) is 5.82 Å². The molecule has 2 aromatic rings. The SMILES string of the molecule is CCC(O)c1cc(-c2ccc(C(=O)OC(C)(C)C)c(F)c2)ns1. The van der Waals surface area contributed by atoms with E-state index in [9.17, 15) is 14.3 Å². The summed E-state index contributed by atoms with van der Waals surface area (Å²) in [6.07, 6.45) is 0.0280. The van der Waals surface area contributed by atoms with Crippen LogP contribution in [-0.4, -0.2) is 21.1 Å². The van der Waals surface area contributed by atoms with Crippen LogP contribution in [0.1, 0.15) is 55.5 Å². The van der Waals surface area contributed by atoms with E-state index >= 15 is 0 Å². The average Bonchev–Trinajstić information content (AvgIpc) is 2.94. The van der Waals surface area contributed by atoms with Gasteiger partial charge in [0, 0.05) is 5.56 Å². The van der Waals surface area contributed by atoms with Crippen molar-refractivity contribution in [2.45, 2.75) is 45.8 Å². The molecule has 6 heteroatoms. The maximum absolute atomic E-state index is 14.2. The number of nitrogens with zero attached hydrogens (tertiary/aromatic N) is 1. The molecule has 0 aliphatic carbocycles. The molecule has 1 aromatic heterocycles. The predicted octanol–water partition coefficient (Wildman–Crippen LogP) is 4.35. The van der Waals surface area contributed by atoms with E-state index in [0.29, 0.717) is 17.7 Å². The zero-order chi connectivity index (χ0) is 17.2. The lowest BCUT2D eigenvalue weighted by Gasteiger charge is -2.19. The highest BCUT2D eigenvalue weighted by Crippen LogP contribution is 2.28. The van der Waals surface area contributed by atoms with Gasteiger partial charge in [0.05, 0.1) is 22.2 Å². The summed E-state index contributed by atoms with van der Waals surface area (Å²) in [5, 5.41) is 9.80. The number of hydrogen-bond donors (Lipinski definition) is 1. The Morgan fingerprint density at radius 3 is 2.65 bits per heavy atom. The Morgan fingerprint density at radius 2 is 2.09 bits per heavy atom. The highest BCUT2D eigenvalue weighted by Gasteiger charge is 2.21. The van der Waals surface area contributed by atoms with Gasteiger partial charge >= 0.3 is 5.97 Å². The molecule has 0 bridgehead atoms. The molecule has 0 saturated heterocycles. The fourth-order valence-electron chi connectivity index (χ4n) is 1.96. The Balaban J connectivity index is 2.25. The number of esters is 1. The number of ether oxygens (including phenoxy) is 1. The molecular formula is C17H20FNO3S. The molecular weight excluding hydrogens is 317 g/mol. The van der Waals surface area contributed by atoms with Gasteiger partial charge in [0.2, 0.25) is 0 Å². The Hall–Kier alpha value is -1.79. The minimum atomic E-state index is -0.693. The summed E-state index contributed by atoms with van der Waals surface area (Å²) < 4.78 is 23.6. The Bertz CT molecular complexity index is 706. The second-order valence-electron chi connectivity index (χ2n) is 6.24. The molecule has 0 saturated carbocycles. The number of aromatic nitrogens is 1. The van der Waals surface area contributed by atoms with Crippen LogP contribution in [0.2, 0.25) is 0 Å². The summed E-state index contributed by atoms with van der Waals surface area (Å²) in [6.45, 7) is 7.06. The highest BCUT2D eigenvalue weighted by atomic mass is 32.1. The Morgan fingerprint density at radius 1 is 1.39 bits per heavy atom. The third-order valence-electron chi connectivity index (χ3n) is 3.13. The number of aliphatic hydroxyl groups is 1. The van der Waals surface area contributed by atoms with E-state index in [1.54, 1.807) is 32.9 Å². The summed E-state index contributed by atoms with van der Waals surface area (Å²) in [4.78, 5) is 12.7. The lowest BCUT2D eigenvalue weighted by Crippen LogP contribution is -2.24. The van der Waals surface area contributed by atoms with Crippen molar-refractivity contribution in [3.8, 4) is 11.3 Å². The van der Waals surface area contributed by atoms with Crippen LogP contribution < -0.4 is 0 Å². The van der Waals surface area contributed by atoms with Gasteiger partial charge in [-0.25, -0.2) is 9.18 Å². The van der Waals surface area contributed by atoms with Crippen molar-refractivity contribution in [3.63, 3.8) is 0 Å². The van der Waals surface area contributed by atoms with E-state index in [0.717, 1.165) is 4.88 Å². The van der Waals surface area contributed by atoms with Crippen molar-refractivity contribution in [1.82, 2.24) is 4.37 Å². The molecule has 1 N–H and O–H groups in total. The summed E-state index contributed by atoms with van der Waals surface area (Å²) >= 11 is 1.19. The molecule has 4 nitrogen and oxygen atoms in total. The standard InChI is InChI=1S/C17H20FNO3S/c1-5-14(20)15-9-13(19-23-15)10-6-7-11(12(18)8-10)16(21)22-17(2,3)4/h6-9,14,20H,5H2,1-4H3. The number of carbonyl (C=O) groups is 1. The smallest absolute Gasteiger partial charge is 0.341 e. The quantitative estimate of drug-likeness (QED) is 0.843. The van der Waals surface area contributed by atoms with Gasteiger partial charge in [-0.15, -0.1) is 0 Å². The first-order valence-electron chi connectivity index (χ1n) is 7.39. The lowest BCUT2D eigenvalue weighted by molar-refractivity contribution is 0.00647. The molecule has 1 unspecified atom stereocenters. The van der Waals surface area contributed by atoms with Gasteiger partial charge in [0.15, 0.2) is 0 Å². The maximum Gasteiger partial charge on any atom is 0.341 e. The number of carbonyl (C=O) groups excluding carboxylic acids is 1. The van der Waals surface area contributed by atoms with E-state index in [1.807, 2.05) is 6.92 Å². The number of benzene rings is 1.